The zero-order valence-corrected chi connectivity index (χ0v) is 9.64. The number of methoxy groups -OCH3 is 1. The molecule has 0 saturated heterocycles. The molecule has 2 rings (SSSR count). The van der Waals surface area contributed by atoms with E-state index in [1.165, 1.54) is 19.2 Å². The second-order valence-electron chi connectivity index (χ2n) is 3.54. The molecule has 0 aliphatic heterocycles. The molecule has 4 nitrogen and oxygen atoms in total. The molecular weight excluding hydrogens is 233 g/mol. The number of hydrogen-bond acceptors (Lipinski definition) is 3. The van der Waals surface area contributed by atoms with Crippen LogP contribution in [0.1, 0.15) is 0 Å². The smallest absolute Gasteiger partial charge is 0.235 e. The SMILES string of the molecule is [C-]#[N+]c1c(-c2ccccc2F)cc(OC)nc1N. The number of hydrogen-bond donors (Lipinski definition) is 1. The van der Waals surface area contributed by atoms with Gasteiger partial charge in [-0.2, -0.15) is 0 Å². The van der Waals surface area contributed by atoms with Crippen molar-refractivity contribution in [2.75, 3.05) is 12.8 Å². The quantitative estimate of drug-likeness (QED) is 0.825. The number of nitrogens with two attached hydrogens (primary N) is 1. The van der Waals surface area contributed by atoms with Crippen LogP contribution in [0.2, 0.25) is 0 Å². The molecule has 0 unspecified atom stereocenters. The Morgan fingerprint density at radius 3 is 2.67 bits per heavy atom. The monoisotopic (exact) mass is 243 g/mol. The number of nitrogen functional groups attached to an aromatic ring is 1. The second-order valence-corrected chi connectivity index (χ2v) is 3.54. The third kappa shape index (κ3) is 1.96. The number of anilines is 1. The minimum Gasteiger partial charge on any atom is -0.481 e. The Hall–Kier alpha value is -2.61. The summed E-state index contributed by atoms with van der Waals surface area (Å²) in [4.78, 5) is 7.20. The Morgan fingerprint density at radius 1 is 1.33 bits per heavy atom. The van der Waals surface area contributed by atoms with Crippen LogP contribution in [0.5, 0.6) is 5.88 Å². The first-order chi connectivity index (χ1) is 8.67. The molecule has 0 spiro atoms. The van der Waals surface area contributed by atoms with E-state index >= 15 is 0 Å². The maximum atomic E-state index is 13.8. The van der Waals surface area contributed by atoms with Crippen molar-refractivity contribution in [3.63, 3.8) is 0 Å². The summed E-state index contributed by atoms with van der Waals surface area (Å²) in [6, 6.07) is 7.68. The van der Waals surface area contributed by atoms with Crippen LogP contribution in [-0.2, 0) is 0 Å². The highest BCUT2D eigenvalue weighted by atomic mass is 19.1. The Kier molecular flexibility index (Phi) is 3.11. The number of pyridine rings is 1. The van der Waals surface area contributed by atoms with Gasteiger partial charge in [-0.05, 0) is 17.7 Å². The molecule has 90 valence electrons. The number of benzene rings is 1. The van der Waals surface area contributed by atoms with E-state index in [0.29, 0.717) is 11.1 Å². The van der Waals surface area contributed by atoms with Crippen molar-refractivity contribution in [3.8, 4) is 17.0 Å². The minimum atomic E-state index is -0.421. The van der Waals surface area contributed by atoms with E-state index in [4.69, 9.17) is 17.0 Å². The van der Waals surface area contributed by atoms with Crippen molar-refractivity contribution >= 4 is 11.5 Å². The maximum absolute atomic E-state index is 13.8. The van der Waals surface area contributed by atoms with Crippen molar-refractivity contribution < 1.29 is 9.13 Å². The molecule has 1 aromatic carbocycles. The van der Waals surface area contributed by atoms with Gasteiger partial charge in [-0.3, -0.25) is 0 Å². The Balaban J connectivity index is 2.74. The number of nitrogens with zero attached hydrogens (tertiary/aromatic N) is 2. The average molecular weight is 243 g/mol. The molecule has 0 radical (unpaired) electrons. The Labute approximate surface area is 104 Å². The van der Waals surface area contributed by atoms with Crippen molar-refractivity contribution in [1.29, 1.82) is 0 Å². The molecule has 0 aliphatic rings. The molecular formula is C13H10FN3O. The van der Waals surface area contributed by atoms with E-state index in [1.807, 2.05) is 0 Å². The molecule has 0 aliphatic carbocycles. The van der Waals surface area contributed by atoms with Gasteiger partial charge in [0.05, 0.1) is 13.7 Å². The largest absolute Gasteiger partial charge is 0.481 e. The van der Waals surface area contributed by atoms with Gasteiger partial charge in [0.2, 0.25) is 11.6 Å². The van der Waals surface area contributed by atoms with E-state index < -0.39 is 5.82 Å². The van der Waals surface area contributed by atoms with E-state index in [1.54, 1.807) is 18.2 Å². The topological polar surface area (TPSA) is 52.5 Å². The van der Waals surface area contributed by atoms with Crippen molar-refractivity contribution in [1.82, 2.24) is 4.98 Å². The Bertz CT molecular complexity index is 635. The molecule has 0 amide bonds. The summed E-state index contributed by atoms with van der Waals surface area (Å²) >= 11 is 0. The van der Waals surface area contributed by atoms with Crippen LogP contribution in [-0.4, -0.2) is 12.1 Å². The summed E-state index contributed by atoms with van der Waals surface area (Å²) in [6.45, 7) is 7.11. The Morgan fingerprint density at radius 2 is 2.06 bits per heavy atom. The van der Waals surface area contributed by atoms with E-state index in [2.05, 4.69) is 9.83 Å². The number of halogens is 1. The number of ether oxygens (including phenoxy) is 1. The molecule has 2 aromatic rings. The molecule has 1 heterocycles. The van der Waals surface area contributed by atoms with Crippen LogP contribution >= 0.6 is 0 Å². The molecule has 5 heteroatoms. The summed E-state index contributed by atoms with van der Waals surface area (Å²) in [5, 5.41) is 0. The molecule has 0 atom stereocenters. The van der Waals surface area contributed by atoms with E-state index in [-0.39, 0.29) is 17.4 Å². The first-order valence-electron chi connectivity index (χ1n) is 5.14. The summed E-state index contributed by atoms with van der Waals surface area (Å²) in [7, 11) is 1.43. The lowest BCUT2D eigenvalue weighted by atomic mass is 10.0. The number of aromatic nitrogens is 1. The summed E-state index contributed by atoms with van der Waals surface area (Å²) in [6.07, 6.45) is 0. The second kappa shape index (κ2) is 4.72. The van der Waals surface area contributed by atoms with Crippen LogP contribution in [0, 0.1) is 12.4 Å². The van der Waals surface area contributed by atoms with E-state index in [9.17, 15) is 4.39 Å². The van der Waals surface area contributed by atoms with Gasteiger partial charge in [-0.25, -0.2) is 14.2 Å². The zero-order valence-electron chi connectivity index (χ0n) is 9.64. The van der Waals surface area contributed by atoms with Gasteiger partial charge in [0.1, 0.15) is 11.6 Å². The highest BCUT2D eigenvalue weighted by Gasteiger charge is 2.15. The lowest BCUT2D eigenvalue weighted by Crippen LogP contribution is -1.96. The maximum Gasteiger partial charge on any atom is 0.235 e. The van der Waals surface area contributed by atoms with Crippen LogP contribution in [0.25, 0.3) is 16.0 Å². The van der Waals surface area contributed by atoms with Crippen molar-refractivity contribution in [2.24, 2.45) is 0 Å². The molecule has 18 heavy (non-hydrogen) atoms. The standard InChI is InChI=1S/C13H10FN3O/c1-16-12-9(7-11(18-2)17-13(12)15)8-5-3-4-6-10(8)14/h3-7H,2H3,(H2,15,17). The predicted octanol–water partition coefficient (Wildman–Crippen LogP) is 3.03. The van der Waals surface area contributed by atoms with Gasteiger partial charge in [0.25, 0.3) is 0 Å². The molecule has 0 saturated carbocycles. The van der Waals surface area contributed by atoms with Crippen molar-refractivity contribution in [2.45, 2.75) is 0 Å². The first kappa shape index (κ1) is 11.9. The van der Waals surface area contributed by atoms with Gasteiger partial charge in [0.15, 0.2) is 0 Å². The van der Waals surface area contributed by atoms with Gasteiger partial charge < -0.3 is 10.5 Å². The minimum absolute atomic E-state index is 0.0302. The van der Waals surface area contributed by atoms with E-state index in [0.717, 1.165) is 0 Å². The summed E-state index contributed by atoms with van der Waals surface area (Å²) < 4.78 is 18.7. The van der Waals surface area contributed by atoms with Gasteiger partial charge in [-0.15, -0.1) is 0 Å². The molecule has 0 bridgehead atoms. The number of rotatable bonds is 2. The van der Waals surface area contributed by atoms with Crippen LogP contribution in [0.15, 0.2) is 30.3 Å². The lowest BCUT2D eigenvalue weighted by Gasteiger charge is -2.09. The molecule has 0 fully saturated rings. The fraction of sp³-hybridized carbons (Fsp3) is 0.0769. The lowest BCUT2D eigenvalue weighted by molar-refractivity contribution is 0.399. The van der Waals surface area contributed by atoms with Crippen LogP contribution in [0.3, 0.4) is 0 Å². The normalized spacial score (nSPS) is 9.83. The van der Waals surface area contributed by atoms with Crippen LogP contribution in [0.4, 0.5) is 15.9 Å². The first-order valence-corrected chi connectivity index (χ1v) is 5.14. The van der Waals surface area contributed by atoms with Gasteiger partial charge in [0, 0.05) is 5.56 Å². The fourth-order valence-corrected chi connectivity index (χ4v) is 1.64. The molecule has 2 N–H and O–H groups in total. The summed E-state index contributed by atoms with van der Waals surface area (Å²) in [5.74, 6) is -0.143. The van der Waals surface area contributed by atoms with Gasteiger partial charge >= 0.3 is 0 Å². The van der Waals surface area contributed by atoms with Gasteiger partial charge in [-0.1, -0.05) is 18.2 Å². The third-order valence-electron chi connectivity index (χ3n) is 2.48. The summed E-state index contributed by atoms with van der Waals surface area (Å²) in [5.41, 5.74) is 6.48. The fourth-order valence-electron chi connectivity index (χ4n) is 1.64. The van der Waals surface area contributed by atoms with Crippen LogP contribution < -0.4 is 10.5 Å². The average Bonchev–Trinajstić information content (AvgIpc) is 2.38. The molecule has 1 aromatic heterocycles. The highest BCUT2D eigenvalue weighted by Crippen LogP contribution is 2.37. The predicted molar refractivity (Wildman–Crippen MR) is 66.9 cm³/mol. The highest BCUT2D eigenvalue weighted by molar-refractivity contribution is 5.86. The third-order valence-corrected chi connectivity index (χ3v) is 2.48. The zero-order chi connectivity index (χ0) is 13.1. The van der Waals surface area contributed by atoms with Crippen molar-refractivity contribution in [3.05, 3.63) is 47.6 Å².